The van der Waals surface area contributed by atoms with Crippen LogP contribution in [-0.2, 0) is 11.3 Å². The Kier molecular flexibility index (Phi) is 5.14. The Hall–Kier alpha value is -3.09. The number of benzene rings is 1. The number of rotatable bonds is 4. The van der Waals surface area contributed by atoms with Crippen LogP contribution in [0.5, 0.6) is 0 Å². The number of halogens is 1. The number of aryl methyl sites for hydroxylation is 1. The molecule has 0 atom stereocenters. The number of amides is 1. The van der Waals surface area contributed by atoms with Gasteiger partial charge in [-0.15, -0.1) is 0 Å². The fourth-order valence-corrected chi connectivity index (χ4v) is 3.47. The molecule has 3 heterocycles. The van der Waals surface area contributed by atoms with Crippen LogP contribution in [0.2, 0.25) is 0 Å². The van der Waals surface area contributed by atoms with Crippen molar-refractivity contribution in [1.82, 2.24) is 20.3 Å². The second-order valence-electron chi connectivity index (χ2n) is 7.13. The third kappa shape index (κ3) is 3.93. The zero-order chi connectivity index (χ0) is 19.5. The van der Waals surface area contributed by atoms with Gasteiger partial charge in [0, 0.05) is 37.9 Å². The minimum Gasteiger partial charge on any atom is -0.356 e. The van der Waals surface area contributed by atoms with Gasteiger partial charge in [0.25, 0.3) is 0 Å². The normalized spacial score (nSPS) is 15.0. The van der Waals surface area contributed by atoms with Crippen molar-refractivity contribution in [2.24, 2.45) is 5.92 Å². The van der Waals surface area contributed by atoms with E-state index in [0.717, 1.165) is 42.8 Å². The highest BCUT2D eigenvalue weighted by atomic mass is 19.1. The molecule has 2 aromatic heterocycles. The number of aromatic nitrogens is 3. The van der Waals surface area contributed by atoms with Crippen LogP contribution in [0.15, 0.2) is 42.7 Å². The first-order valence-electron chi connectivity index (χ1n) is 9.45. The van der Waals surface area contributed by atoms with E-state index < -0.39 is 0 Å². The summed E-state index contributed by atoms with van der Waals surface area (Å²) in [6.45, 7) is 3.59. The average molecular weight is 379 g/mol. The van der Waals surface area contributed by atoms with Crippen LogP contribution in [0.25, 0.3) is 11.2 Å². The maximum Gasteiger partial charge on any atom is 0.223 e. The number of anilines is 1. The number of pyridine rings is 1. The van der Waals surface area contributed by atoms with E-state index in [2.05, 4.69) is 25.2 Å². The van der Waals surface area contributed by atoms with Crippen LogP contribution in [0.1, 0.15) is 24.0 Å². The Balaban J connectivity index is 1.32. The monoisotopic (exact) mass is 379 g/mol. The van der Waals surface area contributed by atoms with E-state index in [1.807, 2.05) is 18.2 Å². The van der Waals surface area contributed by atoms with Crippen LogP contribution >= 0.6 is 0 Å². The van der Waals surface area contributed by atoms with E-state index in [9.17, 15) is 9.18 Å². The van der Waals surface area contributed by atoms with Gasteiger partial charge in [-0.2, -0.15) is 0 Å². The molecule has 0 unspecified atom stereocenters. The van der Waals surface area contributed by atoms with Gasteiger partial charge < -0.3 is 10.2 Å². The molecule has 1 fully saturated rings. The Morgan fingerprint density at radius 1 is 1.18 bits per heavy atom. The number of hydrogen-bond acceptors (Lipinski definition) is 5. The number of piperidine rings is 1. The smallest absolute Gasteiger partial charge is 0.223 e. The molecule has 1 aliphatic heterocycles. The van der Waals surface area contributed by atoms with E-state index in [4.69, 9.17) is 0 Å². The van der Waals surface area contributed by atoms with Gasteiger partial charge in [-0.3, -0.25) is 9.78 Å². The Morgan fingerprint density at radius 2 is 1.96 bits per heavy atom. The third-order valence-corrected chi connectivity index (χ3v) is 5.21. The van der Waals surface area contributed by atoms with Gasteiger partial charge in [0.15, 0.2) is 5.65 Å². The summed E-state index contributed by atoms with van der Waals surface area (Å²) >= 11 is 0. The largest absolute Gasteiger partial charge is 0.356 e. The quantitative estimate of drug-likeness (QED) is 0.755. The molecule has 144 valence electrons. The lowest BCUT2D eigenvalue weighted by molar-refractivity contribution is -0.125. The molecule has 1 aliphatic rings. The van der Waals surface area contributed by atoms with Crippen molar-refractivity contribution >= 4 is 22.9 Å². The Bertz CT molecular complexity index is 1000. The predicted octanol–water partition coefficient (Wildman–Crippen LogP) is 3.01. The zero-order valence-corrected chi connectivity index (χ0v) is 15.7. The SMILES string of the molecule is Cc1ccc(CNC(=O)C2CCN(c3ccc4nccnc4n3)CC2)cc1F. The maximum atomic E-state index is 13.6. The second-order valence-corrected chi connectivity index (χ2v) is 7.13. The molecule has 28 heavy (non-hydrogen) atoms. The van der Waals surface area contributed by atoms with Crippen molar-refractivity contribution in [2.45, 2.75) is 26.3 Å². The minimum absolute atomic E-state index is 0.0259. The highest BCUT2D eigenvalue weighted by molar-refractivity contribution is 5.79. The highest BCUT2D eigenvalue weighted by Gasteiger charge is 2.25. The number of nitrogens with zero attached hydrogens (tertiary/aromatic N) is 4. The number of fused-ring (bicyclic) bond motifs is 1. The van der Waals surface area contributed by atoms with Crippen molar-refractivity contribution in [3.8, 4) is 0 Å². The van der Waals surface area contributed by atoms with Crippen molar-refractivity contribution in [3.63, 3.8) is 0 Å². The fraction of sp³-hybridized carbons (Fsp3) is 0.333. The third-order valence-electron chi connectivity index (χ3n) is 5.21. The van der Waals surface area contributed by atoms with E-state index in [-0.39, 0.29) is 17.6 Å². The molecule has 0 spiro atoms. The molecular weight excluding hydrogens is 357 g/mol. The number of carbonyl (C=O) groups is 1. The van der Waals surface area contributed by atoms with Crippen LogP contribution in [-0.4, -0.2) is 33.9 Å². The Labute approximate surface area is 162 Å². The summed E-state index contributed by atoms with van der Waals surface area (Å²) in [5.74, 6) is 0.611. The molecule has 1 aromatic carbocycles. The van der Waals surface area contributed by atoms with Crippen molar-refractivity contribution < 1.29 is 9.18 Å². The summed E-state index contributed by atoms with van der Waals surface area (Å²) in [4.78, 5) is 27.7. The first-order chi connectivity index (χ1) is 13.6. The molecule has 3 aromatic rings. The van der Waals surface area contributed by atoms with Gasteiger partial charge in [0.05, 0.1) is 0 Å². The van der Waals surface area contributed by atoms with E-state index in [1.54, 1.807) is 25.4 Å². The molecule has 1 N–H and O–H groups in total. The van der Waals surface area contributed by atoms with Crippen LogP contribution in [0.4, 0.5) is 10.2 Å². The van der Waals surface area contributed by atoms with Crippen LogP contribution in [0.3, 0.4) is 0 Å². The van der Waals surface area contributed by atoms with Gasteiger partial charge in [0.1, 0.15) is 17.2 Å². The molecule has 0 saturated carbocycles. The van der Waals surface area contributed by atoms with Crippen molar-refractivity contribution in [3.05, 3.63) is 59.7 Å². The van der Waals surface area contributed by atoms with Crippen molar-refractivity contribution in [2.75, 3.05) is 18.0 Å². The van der Waals surface area contributed by atoms with Gasteiger partial charge in [-0.25, -0.2) is 14.4 Å². The summed E-state index contributed by atoms with van der Waals surface area (Å²) in [6, 6.07) is 8.92. The van der Waals surface area contributed by atoms with Gasteiger partial charge >= 0.3 is 0 Å². The average Bonchev–Trinajstić information content (AvgIpc) is 2.74. The Morgan fingerprint density at radius 3 is 2.75 bits per heavy atom. The number of carbonyl (C=O) groups excluding carboxylic acids is 1. The molecule has 4 rings (SSSR count). The summed E-state index contributed by atoms with van der Waals surface area (Å²) in [7, 11) is 0. The summed E-state index contributed by atoms with van der Waals surface area (Å²) in [5.41, 5.74) is 2.78. The molecule has 0 aliphatic carbocycles. The van der Waals surface area contributed by atoms with Crippen LogP contribution < -0.4 is 10.2 Å². The number of hydrogen-bond donors (Lipinski definition) is 1. The summed E-state index contributed by atoms with van der Waals surface area (Å²) in [6.07, 6.45) is 4.80. The summed E-state index contributed by atoms with van der Waals surface area (Å²) in [5, 5.41) is 2.94. The van der Waals surface area contributed by atoms with E-state index in [1.165, 1.54) is 6.07 Å². The fourth-order valence-electron chi connectivity index (χ4n) is 3.47. The molecule has 1 amide bonds. The van der Waals surface area contributed by atoms with Gasteiger partial charge in [0.2, 0.25) is 5.91 Å². The highest BCUT2D eigenvalue weighted by Crippen LogP contribution is 2.23. The van der Waals surface area contributed by atoms with E-state index in [0.29, 0.717) is 17.8 Å². The van der Waals surface area contributed by atoms with Gasteiger partial charge in [-0.05, 0) is 49.1 Å². The van der Waals surface area contributed by atoms with E-state index >= 15 is 0 Å². The molecule has 0 bridgehead atoms. The topological polar surface area (TPSA) is 71.0 Å². The first-order valence-corrected chi connectivity index (χ1v) is 9.45. The van der Waals surface area contributed by atoms with Crippen molar-refractivity contribution in [1.29, 1.82) is 0 Å². The predicted molar refractivity (Wildman–Crippen MR) is 105 cm³/mol. The minimum atomic E-state index is -0.243. The molecular formula is C21H22FN5O. The second kappa shape index (κ2) is 7.88. The lowest BCUT2D eigenvalue weighted by Crippen LogP contribution is -2.40. The molecule has 0 radical (unpaired) electrons. The molecule has 1 saturated heterocycles. The number of nitrogens with one attached hydrogen (secondary N) is 1. The van der Waals surface area contributed by atoms with Crippen LogP contribution in [0, 0.1) is 18.7 Å². The lowest BCUT2D eigenvalue weighted by atomic mass is 9.95. The molecule has 6 nitrogen and oxygen atoms in total. The first kappa shape index (κ1) is 18.3. The molecule has 7 heteroatoms. The zero-order valence-electron chi connectivity index (χ0n) is 15.7. The lowest BCUT2D eigenvalue weighted by Gasteiger charge is -2.32. The standard InChI is InChI=1S/C21H22FN5O/c1-14-2-3-15(12-17(14)22)13-25-21(28)16-6-10-27(11-7-16)19-5-4-18-20(26-19)24-9-8-23-18/h2-5,8-9,12,16H,6-7,10-11,13H2,1H3,(H,25,28). The van der Waals surface area contributed by atoms with Gasteiger partial charge in [-0.1, -0.05) is 12.1 Å². The maximum absolute atomic E-state index is 13.6. The summed E-state index contributed by atoms with van der Waals surface area (Å²) < 4.78 is 13.6.